The van der Waals surface area contributed by atoms with E-state index >= 15 is 0 Å². The van der Waals surface area contributed by atoms with Crippen molar-refractivity contribution in [3.05, 3.63) is 64.9 Å². The quantitative estimate of drug-likeness (QED) is 0.704. The molecule has 0 bridgehead atoms. The highest BCUT2D eigenvalue weighted by molar-refractivity contribution is 5.98. The number of benzene rings is 1. The Kier molecular flexibility index (Phi) is 4.36. The lowest BCUT2D eigenvalue weighted by molar-refractivity contribution is 0.0931. The summed E-state index contributed by atoms with van der Waals surface area (Å²) in [4.78, 5) is 22.1. The van der Waals surface area contributed by atoms with Gasteiger partial charge in [0, 0.05) is 11.4 Å². The van der Waals surface area contributed by atoms with Crippen molar-refractivity contribution in [2.24, 2.45) is 0 Å². The minimum atomic E-state index is -1.15. The monoisotopic (exact) mass is 363 g/mol. The van der Waals surface area contributed by atoms with E-state index in [9.17, 15) is 4.79 Å². The van der Waals surface area contributed by atoms with Crippen molar-refractivity contribution in [2.45, 2.75) is 58.4 Å². The largest absolute Gasteiger partial charge is 0.344 e. The molecule has 1 amide bonds. The SMILES string of the molecule is [2H]C1(NC(=O)c2ncn3c(C(C)C)cc(C)nc23)CCCCc2ccccc21. The average Bonchev–Trinajstić information content (AvgIpc) is 3.01. The van der Waals surface area contributed by atoms with Gasteiger partial charge < -0.3 is 5.32 Å². The number of carbonyl (C=O) groups is 1. The minimum absolute atomic E-state index is 0.277. The number of aryl methyl sites for hydroxylation is 2. The number of hydrogen-bond donors (Lipinski definition) is 1. The zero-order valence-electron chi connectivity index (χ0n) is 17.1. The highest BCUT2D eigenvalue weighted by Crippen LogP contribution is 2.29. The molecule has 0 aliphatic heterocycles. The van der Waals surface area contributed by atoms with E-state index in [-0.39, 0.29) is 17.5 Å². The van der Waals surface area contributed by atoms with Crippen LogP contribution in [-0.4, -0.2) is 20.3 Å². The van der Waals surface area contributed by atoms with Crippen LogP contribution < -0.4 is 5.32 Å². The molecule has 5 heteroatoms. The summed E-state index contributed by atoms with van der Waals surface area (Å²) in [6, 6.07) is 8.82. The number of fused-ring (bicyclic) bond motifs is 2. The number of hydrogen-bond acceptors (Lipinski definition) is 3. The molecule has 1 aliphatic rings. The Labute approximate surface area is 161 Å². The van der Waals surface area contributed by atoms with Crippen LogP contribution in [0.1, 0.15) is 79.4 Å². The first-order chi connectivity index (χ1) is 13.4. The average molecular weight is 363 g/mol. The zero-order chi connectivity index (χ0) is 19.9. The van der Waals surface area contributed by atoms with Crippen molar-refractivity contribution >= 4 is 11.6 Å². The lowest BCUT2D eigenvalue weighted by Crippen LogP contribution is -2.29. The van der Waals surface area contributed by atoms with Crippen LogP contribution in [-0.2, 0) is 6.42 Å². The van der Waals surface area contributed by atoms with Crippen LogP contribution in [0.15, 0.2) is 36.7 Å². The Morgan fingerprint density at radius 3 is 2.96 bits per heavy atom. The Morgan fingerprint density at radius 1 is 1.33 bits per heavy atom. The van der Waals surface area contributed by atoms with Gasteiger partial charge in [0.2, 0.25) is 0 Å². The lowest BCUT2D eigenvalue weighted by atomic mass is 9.99. The van der Waals surface area contributed by atoms with Crippen LogP contribution >= 0.6 is 0 Å². The van der Waals surface area contributed by atoms with Gasteiger partial charge in [-0.15, -0.1) is 0 Å². The Bertz CT molecular complexity index is 1040. The maximum absolute atomic E-state index is 13.2. The van der Waals surface area contributed by atoms with Crippen LogP contribution in [0.3, 0.4) is 0 Å². The summed E-state index contributed by atoms with van der Waals surface area (Å²) in [5.41, 5.74) is 4.77. The molecule has 1 aromatic carbocycles. The number of carbonyl (C=O) groups excluding carboxylic acids is 1. The van der Waals surface area contributed by atoms with Crippen LogP contribution in [0, 0.1) is 6.92 Å². The second-order valence-electron chi connectivity index (χ2n) is 7.56. The number of imidazole rings is 1. The molecule has 0 saturated heterocycles. The number of aromatic nitrogens is 3. The second kappa shape index (κ2) is 7.14. The van der Waals surface area contributed by atoms with Crippen molar-refractivity contribution in [1.82, 2.24) is 19.7 Å². The first-order valence-corrected chi connectivity index (χ1v) is 9.64. The molecular formula is C22H26N4O. The molecule has 140 valence electrons. The van der Waals surface area contributed by atoms with E-state index in [1.807, 2.05) is 35.6 Å². The number of nitrogens with one attached hydrogen (secondary N) is 1. The van der Waals surface area contributed by atoms with Crippen molar-refractivity contribution in [3.8, 4) is 0 Å². The summed E-state index contributed by atoms with van der Waals surface area (Å²) >= 11 is 0. The van der Waals surface area contributed by atoms with Crippen molar-refractivity contribution in [3.63, 3.8) is 0 Å². The summed E-state index contributed by atoms with van der Waals surface area (Å²) in [5, 5.41) is 2.97. The van der Waals surface area contributed by atoms with E-state index in [1.165, 1.54) is 0 Å². The third kappa shape index (κ3) is 3.34. The molecule has 2 aromatic heterocycles. The third-order valence-corrected chi connectivity index (χ3v) is 5.20. The highest BCUT2D eigenvalue weighted by atomic mass is 16.2. The first kappa shape index (κ1) is 16.5. The van der Waals surface area contributed by atoms with E-state index < -0.39 is 6.02 Å². The van der Waals surface area contributed by atoms with Crippen LogP contribution in [0.25, 0.3) is 5.65 Å². The molecule has 5 nitrogen and oxygen atoms in total. The topological polar surface area (TPSA) is 59.3 Å². The summed E-state index contributed by atoms with van der Waals surface area (Å²) in [6.07, 6.45) is 5.12. The summed E-state index contributed by atoms with van der Waals surface area (Å²) < 4.78 is 10.9. The molecule has 1 unspecified atom stereocenters. The van der Waals surface area contributed by atoms with Crippen molar-refractivity contribution in [1.29, 1.82) is 0 Å². The highest BCUT2D eigenvalue weighted by Gasteiger charge is 2.24. The van der Waals surface area contributed by atoms with E-state index in [1.54, 1.807) is 6.33 Å². The van der Waals surface area contributed by atoms with Gasteiger partial charge in [-0.3, -0.25) is 9.20 Å². The van der Waals surface area contributed by atoms with Crippen LogP contribution in [0.4, 0.5) is 0 Å². The van der Waals surface area contributed by atoms with Gasteiger partial charge in [0.05, 0.1) is 7.39 Å². The molecule has 27 heavy (non-hydrogen) atoms. The fraction of sp³-hybridized carbons (Fsp3) is 0.409. The molecule has 0 saturated carbocycles. The molecule has 4 rings (SSSR count). The van der Waals surface area contributed by atoms with Gasteiger partial charge >= 0.3 is 0 Å². The van der Waals surface area contributed by atoms with Gasteiger partial charge in [0.1, 0.15) is 6.33 Å². The molecule has 0 fully saturated rings. The number of amides is 1. The van der Waals surface area contributed by atoms with Gasteiger partial charge in [0.15, 0.2) is 11.3 Å². The van der Waals surface area contributed by atoms with Crippen molar-refractivity contribution < 1.29 is 6.17 Å². The Hall–Kier alpha value is -2.69. The normalized spacial score (nSPS) is 20.2. The third-order valence-electron chi connectivity index (χ3n) is 5.20. The van der Waals surface area contributed by atoms with Gasteiger partial charge in [-0.25, -0.2) is 9.97 Å². The zero-order valence-corrected chi connectivity index (χ0v) is 16.1. The molecular weight excluding hydrogens is 336 g/mol. The molecule has 1 atom stereocenters. The van der Waals surface area contributed by atoms with E-state index in [0.29, 0.717) is 12.1 Å². The standard InChI is InChI=1S/C22H26N4O/c1-14(2)19-12-15(3)24-21-20(23-13-26(19)21)22(27)25-18-11-7-5-9-16-8-4-6-10-17(16)18/h4,6,8,10,12-14,18H,5,7,9,11H2,1-3H3,(H,25,27)/i18D. The van der Waals surface area contributed by atoms with E-state index in [2.05, 4.69) is 35.2 Å². The maximum Gasteiger partial charge on any atom is 0.274 e. The molecule has 3 aromatic rings. The summed E-state index contributed by atoms with van der Waals surface area (Å²) in [6.45, 7) is 6.14. The fourth-order valence-corrected chi connectivity index (χ4v) is 3.84. The molecule has 1 N–H and O–H groups in total. The molecule has 1 aliphatic carbocycles. The van der Waals surface area contributed by atoms with Gasteiger partial charge in [-0.2, -0.15) is 0 Å². The van der Waals surface area contributed by atoms with Gasteiger partial charge in [-0.1, -0.05) is 44.5 Å². The predicted molar refractivity (Wildman–Crippen MR) is 106 cm³/mol. The summed E-state index contributed by atoms with van der Waals surface area (Å²) in [5.74, 6) is -0.0624. The Balaban J connectivity index is 1.73. The molecule has 2 heterocycles. The van der Waals surface area contributed by atoms with E-state index in [4.69, 9.17) is 1.37 Å². The Morgan fingerprint density at radius 2 is 2.15 bits per heavy atom. The molecule has 0 spiro atoms. The number of nitrogens with zero attached hydrogens (tertiary/aromatic N) is 3. The fourth-order valence-electron chi connectivity index (χ4n) is 3.84. The van der Waals surface area contributed by atoms with Gasteiger partial charge in [-0.05, 0) is 49.3 Å². The van der Waals surface area contributed by atoms with E-state index in [0.717, 1.165) is 41.8 Å². The predicted octanol–water partition coefficient (Wildman–Crippen LogP) is 4.36. The maximum atomic E-state index is 13.2. The lowest BCUT2D eigenvalue weighted by Gasteiger charge is -2.19. The smallest absolute Gasteiger partial charge is 0.274 e. The van der Waals surface area contributed by atoms with Crippen LogP contribution in [0.5, 0.6) is 0 Å². The number of rotatable bonds is 3. The first-order valence-electron chi connectivity index (χ1n) is 10.1. The van der Waals surface area contributed by atoms with Gasteiger partial charge in [0.25, 0.3) is 5.91 Å². The van der Waals surface area contributed by atoms with Crippen LogP contribution in [0.2, 0.25) is 0 Å². The second-order valence-corrected chi connectivity index (χ2v) is 7.56. The molecule has 0 radical (unpaired) electrons. The summed E-state index contributed by atoms with van der Waals surface area (Å²) in [7, 11) is 0. The minimum Gasteiger partial charge on any atom is -0.344 e. The van der Waals surface area contributed by atoms with Crippen molar-refractivity contribution in [2.75, 3.05) is 0 Å².